The van der Waals surface area contributed by atoms with Crippen LogP contribution in [0.15, 0.2) is 0 Å². The molecule has 1 aliphatic heterocycles. The van der Waals surface area contributed by atoms with Gasteiger partial charge in [0.15, 0.2) is 0 Å². The Hall–Kier alpha value is -1.68. The minimum Gasteiger partial charge on any atom is -0.481 e. The van der Waals surface area contributed by atoms with E-state index in [1.54, 1.807) is 0 Å². The third kappa shape index (κ3) is 3.63. The van der Waals surface area contributed by atoms with Crippen molar-refractivity contribution in [3.63, 3.8) is 0 Å². The summed E-state index contributed by atoms with van der Waals surface area (Å²) in [6, 6.07) is 0. The summed E-state index contributed by atoms with van der Waals surface area (Å²) in [7, 11) is 0. The number of halogens is 6. The number of carbonyl (C=O) groups is 2. The lowest BCUT2D eigenvalue weighted by atomic mass is 9.91. The molecule has 1 heterocycles. The molecule has 5 nitrogen and oxygen atoms in total. The van der Waals surface area contributed by atoms with Crippen LogP contribution < -0.4 is 0 Å². The van der Waals surface area contributed by atoms with Crippen LogP contribution in [0.2, 0.25) is 0 Å². The highest BCUT2D eigenvalue weighted by Crippen LogP contribution is 2.59. The minimum absolute atomic E-state index is 0.134. The van der Waals surface area contributed by atoms with Crippen molar-refractivity contribution in [3.8, 4) is 0 Å². The average Bonchev–Trinajstić information content (AvgIpc) is 3.08. The van der Waals surface area contributed by atoms with E-state index in [0.717, 1.165) is 4.90 Å². The molecular formula is C12H13F6NO4. The SMILES string of the molecule is O=C(O)[C@@H]1CC12CCN(C(=O)OC(C(F)(F)F)C(F)(F)F)CC2. The van der Waals surface area contributed by atoms with Crippen LogP contribution in [0.4, 0.5) is 31.1 Å². The van der Waals surface area contributed by atoms with Gasteiger partial charge in [-0.05, 0) is 24.7 Å². The highest BCUT2D eigenvalue weighted by Gasteiger charge is 2.61. The molecule has 0 bridgehead atoms. The van der Waals surface area contributed by atoms with Crippen LogP contribution in [0.25, 0.3) is 0 Å². The normalized spacial score (nSPS) is 24.0. The molecule has 132 valence electrons. The molecule has 23 heavy (non-hydrogen) atoms. The van der Waals surface area contributed by atoms with E-state index < -0.39 is 41.9 Å². The number of rotatable bonds is 2. The van der Waals surface area contributed by atoms with Gasteiger partial charge >= 0.3 is 24.4 Å². The molecule has 1 spiro atoms. The smallest absolute Gasteiger partial charge is 0.434 e. The van der Waals surface area contributed by atoms with Gasteiger partial charge in [-0.25, -0.2) is 4.79 Å². The summed E-state index contributed by atoms with van der Waals surface area (Å²) in [5.41, 5.74) is -0.504. The van der Waals surface area contributed by atoms with Crippen molar-refractivity contribution < 1.29 is 45.8 Å². The Balaban J connectivity index is 1.94. The quantitative estimate of drug-likeness (QED) is 0.779. The number of hydrogen-bond donors (Lipinski definition) is 1. The zero-order chi connectivity index (χ0) is 17.6. The van der Waals surface area contributed by atoms with Crippen LogP contribution in [-0.2, 0) is 9.53 Å². The van der Waals surface area contributed by atoms with E-state index in [9.17, 15) is 35.9 Å². The first-order valence-electron chi connectivity index (χ1n) is 6.69. The molecule has 0 aromatic rings. The summed E-state index contributed by atoms with van der Waals surface area (Å²) < 4.78 is 77.6. The molecule has 11 heteroatoms. The van der Waals surface area contributed by atoms with E-state index in [-0.39, 0.29) is 25.9 Å². The number of hydrogen-bond acceptors (Lipinski definition) is 3. The van der Waals surface area contributed by atoms with Gasteiger partial charge in [0.1, 0.15) is 0 Å². The monoisotopic (exact) mass is 349 g/mol. The summed E-state index contributed by atoms with van der Waals surface area (Å²) in [6.07, 6.45) is -16.6. The van der Waals surface area contributed by atoms with Crippen molar-refractivity contribution in [3.05, 3.63) is 0 Å². The van der Waals surface area contributed by atoms with Gasteiger partial charge in [0.25, 0.3) is 6.10 Å². The predicted octanol–water partition coefficient (Wildman–Crippen LogP) is 2.80. The van der Waals surface area contributed by atoms with Gasteiger partial charge < -0.3 is 14.7 Å². The first-order chi connectivity index (χ1) is 10.4. The molecule has 0 aromatic carbocycles. The van der Waals surface area contributed by atoms with Crippen LogP contribution >= 0.6 is 0 Å². The molecule has 0 aromatic heterocycles. The summed E-state index contributed by atoms with van der Waals surface area (Å²) in [4.78, 5) is 23.1. The molecular weight excluding hydrogens is 336 g/mol. The van der Waals surface area contributed by atoms with Crippen LogP contribution in [0.3, 0.4) is 0 Å². The van der Waals surface area contributed by atoms with E-state index in [1.165, 1.54) is 0 Å². The Kier molecular flexibility index (Phi) is 4.18. The molecule has 0 unspecified atom stereocenters. The fourth-order valence-corrected chi connectivity index (χ4v) is 2.88. The highest BCUT2D eigenvalue weighted by atomic mass is 19.4. The molecule has 2 aliphatic rings. The van der Waals surface area contributed by atoms with E-state index >= 15 is 0 Å². The Bertz CT molecular complexity index is 481. The third-order valence-corrected chi connectivity index (χ3v) is 4.32. The number of alkyl halides is 6. The van der Waals surface area contributed by atoms with E-state index in [0.29, 0.717) is 6.42 Å². The van der Waals surface area contributed by atoms with Gasteiger partial charge in [-0.2, -0.15) is 26.3 Å². The minimum atomic E-state index is -5.75. The van der Waals surface area contributed by atoms with Crippen molar-refractivity contribution in [2.75, 3.05) is 13.1 Å². The number of likely N-dealkylation sites (tertiary alicyclic amines) is 1. The van der Waals surface area contributed by atoms with Crippen LogP contribution in [0.1, 0.15) is 19.3 Å². The van der Waals surface area contributed by atoms with Gasteiger partial charge in [-0.15, -0.1) is 0 Å². The molecule has 1 saturated heterocycles. The molecule has 1 saturated carbocycles. The summed E-state index contributed by atoms with van der Waals surface area (Å²) >= 11 is 0. The largest absolute Gasteiger partial charge is 0.481 e. The maximum atomic E-state index is 12.3. The first-order valence-corrected chi connectivity index (χ1v) is 6.69. The number of piperidine rings is 1. The number of carboxylic acid groups (broad SMARTS) is 1. The second-order valence-electron chi connectivity index (χ2n) is 5.79. The predicted molar refractivity (Wildman–Crippen MR) is 61.4 cm³/mol. The molecule has 1 aliphatic carbocycles. The molecule has 1 atom stereocenters. The highest BCUT2D eigenvalue weighted by molar-refractivity contribution is 5.75. The van der Waals surface area contributed by atoms with Crippen LogP contribution in [0, 0.1) is 11.3 Å². The number of nitrogens with zero attached hydrogens (tertiary/aromatic N) is 1. The molecule has 2 rings (SSSR count). The van der Waals surface area contributed by atoms with Crippen molar-refractivity contribution in [1.82, 2.24) is 4.90 Å². The summed E-state index contributed by atoms with van der Waals surface area (Å²) in [5.74, 6) is -1.56. The molecule has 1 amide bonds. The topological polar surface area (TPSA) is 66.8 Å². The van der Waals surface area contributed by atoms with Gasteiger partial charge in [0.05, 0.1) is 5.92 Å². The standard InChI is InChI=1S/C12H13F6NO4/c13-11(14,15)8(12(16,17)18)23-9(22)19-3-1-10(2-4-19)5-6(10)7(20)21/h6,8H,1-5H2,(H,20,21)/t6-/m0/s1. The fraction of sp³-hybridized carbons (Fsp3) is 0.833. The second kappa shape index (κ2) is 5.45. The number of aliphatic carboxylic acids is 1. The van der Waals surface area contributed by atoms with Crippen LogP contribution in [0.5, 0.6) is 0 Å². The van der Waals surface area contributed by atoms with Crippen molar-refractivity contribution in [2.24, 2.45) is 11.3 Å². The zero-order valence-corrected chi connectivity index (χ0v) is 11.6. The number of carbonyl (C=O) groups excluding carboxylic acids is 1. The van der Waals surface area contributed by atoms with Crippen molar-refractivity contribution in [1.29, 1.82) is 0 Å². The Morgan fingerprint density at radius 2 is 1.57 bits per heavy atom. The lowest BCUT2D eigenvalue weighted by Crippen LogP contribution is -2.49. The van der Waals surface area contributed by atoms with Crippen LogP contribution in [-0.4, -0.2) is 53.6 Å². The maximum Gasteiger partial charge on any atom is 0.434 e. The molecule has 1 N–H and O–H groups in total. The Labute approximate surface area is 126 Å². The van der Waals surface area contributed by atoms with Crippen molar-refractivity contribution >= 4 is 12.1 Å². The van der Waals surface area contributed by atoms with E-state index in [2.05, 4.69) is 4.74 Å². The fourth-order valence-electron chi connectivity index (χ4n) is 2.88. The molecule has 2 fully saturated rings. The second-order valence-corrected chi connectivity index (χ2v) is 5.79. The van der Waals surface area contributed by atoms with Gasteiger partial charge in [-0.1, -0.05) is 0 Å². The Morgan fingerprint density at radius 3 is 1.91 bits per heavy atom. The van der Waals surface area contributed by atoms with E-state index in [4.69, 9.17) is 5.11 Å². The lowest BCUT2D eigenvalue weighted by Gasteiger charge is -2.33. The first kappa shape index (κ1) is 17.7. The number of ether oxygens (including phenoxy) is 1. The van der Waals surface area contributed by atoms with E-state index in [1.807, 2.05) is 0 Å². The van der Waals surface area contributed by atoms with Gasteiger partial charge in [0, 0.05) is 13.1 Å². The summed E-state index contributed by atoms with van der Waals surface area (Å²) in [6.45, 7) is -0.268. The maximum absolute atomic E-state index is 12.3. The number of carboxylic acids is 1. The summed E-state index contributed by atoms with van der Waals surface area (Å²) in [5, 5.41) is 8.89. The zero-order valence-electron chi connectivity index (χ0n) is 11.6. The lowest BCUT2D eigenvalue weighted by molar-refractivity contribution is -0.308. The van der Waals surface area contributed by atoms with Crippen molar-refractivity contribution in [2.45, 2.75) is 37.7 Å². The number of amides is 1. The Morgan fingerprint density at radius 1 is 1.09 bits per heavy atom. The molecule has 0 radical (unpaired) electrons. The van der Waals surface area contributed by atoms with Gasteiger partial charge in [0.2, 0.25) is 0 Å². The average molecular weight is 349 g/mol. The third-order valence-electron chi connectivity index (χ3n) is 4.32. The van der Waals surface area contributed by atoms with Gasteiger partial charge in [-0.3, -0.25) is 4.79 Å².